The highest BCUT2D eigenvalue weighted by Crippen LogP contribution is 2.46. The summed E-state index contributed by atoms with van der Waals surface area (Å²) in [6, 6.07) is 9.81. The second-order valence-corrected chi connectivity index (χ2v) is 7.88. The predicted molar refractivity (Wildman–Crippen MR) is 110 cm³/mol. The van der Waals surface area contributed by atoms with E-state index in [0.29, 0.717) is 29.2 Å². The monoisotopic (exact) mass is 429 g/mol. The molecule has 2 aromatic carbocycles. The minimum Gasteiger partial charge on any atom is -0.497 e. The lowest BCUT2D eigenvalue weighted by Gasteiger charge is -2.35. The summed E-state index contributed by atoms with van der Waals surface area (Å²) in [6.45, 7) is 0. The number of ether oxygens (including phenoxy) is 2. The average Bonchev–Trinajstić information content (AvgIpc) is 2.72. The molecule has 1 heterocycles. The predicted octanol–water partition coefficient (Wildman–Crippen LogP) is 4.50. The van der Waals surface area contributed by atoms with E-state index in [0.717, 1.165) is 5.56 Å². The van der Waals surface area contributed by atoms with E-state index < -0.39 is 11.7 Å². The van der Waals surface area contributed by atoms with Crippen LogP contribution in [0.25, 0.3) is 0 Å². The summed E-state index contributed by atoms with van der Waals surface area (Å²) in [5.41, 5.74) is 2.01. The van der Waals surface area contributed by atoms with Gasteiger partial charge in [0.1, 0.15) is 17.3 Å². The lowest BCUT2D eigenvalue weighted by molar-refractivity contribution is -0.122. The van der Waals surface area contributed by atoms with E-state index in [9.17, 15) is 14.0 Å². The van der Waals surface area contributed by atoms with E-state index in [4.69, 9.17) is 21.1 Å². The number of hydrogen-bond donors (Lipinski definition) is 1. The van der Waals surface area contributed by atoms with Gasteiger partial charge in [0.05, 0.1) is 14.2 Å². The maximum absolute atomic E-state index is 14.6. The molecule has 0 saturated heterocycles. The van der Waals surface area contributed by atoms with Gasteiger partial charge in [0.2, 0.25) is 5.91 Å². The largest absolute Gasteiger partial charge is 0.497 e. The lowest BCUT2D eigenvalue weighted by atomic mass is 9.73. The molecule has 1 amide bonds. The van der Waals surface area contributed by atoms with Gasteiger partial charge in [0, 0.05) is 52.1 Å². The number of ketones is 1. The van der Waals surface area contributed by atoms with Gasteiger partial charge in [-0.1, -0.05) is 17.7 Å². The molecule has 1 aliphatic heterocycles. The van der Waals surface area contributed by atoms with Crippen molar-refractivity contribution in [1.29, 1.82) is 0 Å². The molecule has 1 N–H and O–H groups in total. The quantitative estimate of drug-likeness (QED) is 0.777. The van der Waals surface area contributed by atoms with Crippen LogP contribution in [-0.2, 0) is 9.59 Å². The van der Waals surface area contributed by atoms with E-state index >= 15 is 0 Å². The second-order valence-electron chi connectivity index (χ2n) is 7.47. The minimum absolute atomic E-state index is 0.0155. The molecule has 0 radical (unpaired) electrons. The number of carbonyl (C=O) groups excluding carboxylic acids is 2. The van der Waals surface area contributed by atoms with Gasteiger partial charge >= 0.3 is 0 Å². The number of hydrogen-bond acceptors (Lipinski definition) is 4. The first-order valence-electron chi connectivity index (χ1n) is 9.64. The van der Waals surface area contributed by atoms with Gasteiger partial charge in [-0.3, -0.25) is 9.59 Å². The standard InChI is InChI=1S/C23H21ClFNO4/c1-29-13-6-7-20(30-2)14(10-13)12-8-18-23(19(27)9-12)15(11-21(28)26-18)22-16(24)4-3-5-17(22)25/h3-7,10,12,15H,8-9,11H2,1-2H3,(H,26,28)/t12-,15-/m1/s1. The Balaban J connectivity index is 1.77. The normalized spacial score (nSPS) is 21.2. The van der Waals surface area contributed by atoms with E-state index in [1.54, 1.807) is 32.4 Å². The highest BCUT2D eigenvalue weighted by atomic mass is 35.5. The van der Waals surface area contributed by atoms with E-state index in [1.165, 1.54) is 12.1 Å². The van der Waals surface area contributed by atoms with Crippen molar-refractivity contribution in [3.63, 3.8) is 0 Å². The molecule has 156 valence electrons. The van der Waals surface area contributed by atoms with E-state index in [1.807, 2.05) is 6.07 Å². The third kappa shape index (κ3) is 3.56. The van der Waals surface area contributed by atoms with Gasteiger partial charge < -0.3 is 14.8 Å². The zero-order valence-corrected chi connectivity index (χ0v) is 17.4. The Labute approximate surface area is 178 Å². The maximum Gasteiger partial charge on any atom is 0.225 e. The molecule has 2 aliphatic rings. The van der Waals surface area contributed by atoms with Crippen molar-refractivity contribution in [2.45, 2.75) is 31.1 Å². The number of benzene rings is 2. The third-order valence-electron chi connectivity index (χ3n) is 5.76. The van der Waals surface area contributed by atoms with Crippen LogP contribution in [0, 0.1) is 5.82 Å². The molecule has 1 aliphatic carbocycles. The highest BCUT2D eigenvalue weighted by Gasteiger charge is 2.40. The summed E-state index contributed by atoms with van der Waals surface area (Å²) in [4.78, 5) is 25.7. The second kappa shape index (κ2) is 8.11. The molecule has 0 unspecified atom stereocenters. The average molecular weight is 430 g/mol. The first-order valence-corrected chi connectivity index (χ1v) is 10.0. The highest BCUT2D eigenvalue weighted by molar-refractivity contribution is 6.31. The Morgan fingerprint density at radius 2 is 1.87 bits per heavy atom. The van der Waals surface area contributed by atoms with Crippen molar-refractivity contribution in [2.24, 2.45) is 0 Å². The molecule has 5 nitrogen and oxygen atoms in total. The molecule has 0 saturated carbocycles. The van der Waals surface area contributed by atoms with Crippen LogP contribution in [0.3, 0.4) is 0 Å². The number of rotatable bonds is 4. The van der Waals surface area contributed by atoms with Crippen molar-refractivity contribution in [1.82, 2.24) is 5.32 Å². The smallest absolute Gasteiger partial charge is 0.225 e. The zero-order chi connectivity index (χ0) is 21.4. The van der Waals surface area contributed by atoms with Crippen molar-refractivity contribution in [3.05, 3.63) is 69.6 Å². The zero-order valence-electron chi connectivity index (χ0n) is 16.6. The topological polar surface area (TPSA) is 64.6 Å². The number of halogens is 2. The Kier molecular flexibility index (Phi) is 5.52. The summed E-state index contributed by atoms with van der Waals surface area (Å²) < 4.78 is 25.4. The molecule has 0 fully saturated rings. The fraction of sp³-hybridized carbons (Fsp3) is 0.304. The Bertz CT molecular complexity index is 1040. The summed E-state index contributed by atoms with van der Waals surface area (Å²) >= 11 is 6.25. The maximum atomic E-state index is 14.6. The number of Topliss-reactive ketones (excluding diaryl/α,β-unsaturated/α-hetero) is 1. The Hall–Kier alpha value is -2.86. The van der Waals surface area contributed by atoms with Gasteiger partial charge in [0.15, 0.2) is 5.78 Å². The third-order valence-corrected chi connectivity index (χ3v) is 6.09. The summed E-state index contributed by atoms with van der Waals surface area (Å²) in [5.74, 6) is -0.493. The summed E-state index contributed by atoms with van der Waals surface area (Å²) in [7, 11) is 3.14. The summed E-state index contributed by atoms with van der Waals surface area (Å²) in [6.07, 6.45) is 0.637. The first-order chi connectivity index (χ1) is 14.4. The van der Waals surface area contributed by atoms with Gasteiger partial charge in [-0.25, -0.2) is 4.39 Å². The molecule has 0 spiro atoms. The van der Waals surface area contributed by atoms with Crippen molar-refractivity contribution >= 4 is 23.3 Å². The lowest BCUT2D eigenvalue weighted by Crippen LogP contribution is -2.38. The Morgan fingerprint density at radius 1 is 1.07 bits per heavy atom. The number of carbonyl (C=O) groups is 2. The molecule has 0 aromatic heterocycles. The van der Waals surface area contributed by atoms with Crippen LogP contribution in [0.4, 0.5) is 4.39 Å². The number of amides is 1. The molecule has 0 bridgehead atoms. The van der Waals surface area contributed by atoms with E-state index in [2.05, 4.69) is 5.32 Å². The van der Waals surface area contributed by atoms with Gasteiger partial charge in [-0.15, -0.1) is 0 Å². The SMILES string of the molecule is COc1ccc(OC)c([C@H]2CC(=O)C3=C(C2)NC(=O)C[C@@H]3c2c(F)cccc2Cl)c1. The van der Waals surface area contributed by atoms with Crippen LogP contribution in [0.2, 0.25) is 5.02 Å². The minimum atomic E-state index is -0.692. The molecule has 4 rings (SSSR count). The number of nitrogens with one attached hydrogen (secondary N) is 1. The van der Waals surface area contributed by atoms with Gasteiger partial charge in [0.25, 0.3) is 0 Å². The first kappa shape index (κ1) is 20.4. The van der Waals surface area contributed by atoms with Gasteiger partial charge in [-0.05, 0) is 36.8 Å². The van der Waals surface area contributed by atoms with E-state index in [-0.39, 0.29) is 41.0 Å². The van der Waals surface area contributed by atoms with Crippen LogP contribution < -0.4 is 14.8 Å². The van der Waals surface area contributed by atoms with Crippen LogP contribution in [0.1, 0.15) is 42.2 Å². The van der Waals surface area contributed by atoms with Crippen molar-refractivity contribution < 1.29 is 23.5 Å². The Morgan fingerprint density at radius 3 is 2.57 bits per heavy atom. The van der Waals surface area contributed by atoms with Crippen molar-refractivity contribution in [3.8, 4) is 11.5 Å². The molecule has 2 atom stereocenters. The molecule has 2 aromatic rings. The van der Waals surface area contributed by atoms with Crippen molar-refractivity contribution in [2.75, 3.05) is 14.2 Å². The van der Waals surface area contributed by atoms with Crippen LogP contribution in [-0.4, -0.2) is 25.9 Å². The van der Waals surface area contributed by atoms with Gasteiger partial charge in [-0.2, -0.15) is 0 Å². The fourth-order valence-electron chi connectivity index (χ4n) is 4.43. The summed E-state index contributed by atoms with van der Waals surface area (Å²) in [5, 5.41) is 3.05. The number of methoxy groups -OCH3 is 2. The number of allylic oxidation sites excluding steroid dienone is 2. The molecular formula is C23H21ClFNO4. The molecular weight excluding hydrogens is 409 g/mol. The molecule has 30 heavy (non-hydrogen) atoms. The van der Waals surface area contributed by atoms with Crippen LogP contribution in [0.15, 0.2) is 47.7 Å². The van der Waals surface area contributed by atoms with Crippen LogP contribution in [0.5, 0.6) is 11.5 Å². The molecule has 7 heteroatoms. The van der Waals surface area contributed by atoms with Crippen LogP contribution >= 0.6 is 11.6 Å². The fourth-order valence-corrected chi connectivity index (χ4v) is 4.72.